The number of benzene rings is 1. The molecule has 1 heterocycles. The van der Waals surface area contributed by atoms with Gasteiger partial charge in [-0.3, -0.25) is 0 Å². The van der Waals surface area contributed by atoms with Crippen molar-refractivity contribution in [3.8, 4) is 0 Å². The Morgan fingerprint density at radius 2 is 2.06 bits per heavy atom. The Morgan fingerprint density at radius 1 is 1.35 bits per heavy atom. The molecule has 6 heteroatoms. The molecule has 17 heavy (non-hydrogen) atoms. The third kappa shape index (κ3) is 2.02. The molecule has 1 N–H and O–H groups in total. The van der Waals surface area contributed by atoms with Gasteiger partial charge in [0.1, 0.15) is 11.5 Å². The van der Waals surface area contributed by atoms with Crippen LogP contribution >= 0.6 is 11.6 Å². The van der Waals surface area contributed by atoms with Gasteiger partial charge >= 0.3 is 0 Å². The highest BCUT2D eigenvalue weighted by Crippen LogP contribution is 2.33. The second kappa shape index (κ2) is 4.41. The average Bonchev–Trinajstić information content (AvgIpc) is 2.32. The molecule has 0 amide bonds. The van der Waals surface area contributed by atoms with E-state index in [0.29, 0.717) is 0 Å². The van der Waals surface area contributed by atoms with E-state index in [1.165, 1.54) is 19.2 Å². The van der Waals surface area contributed by atoms with Crippen LogP contribution in [-0.4, -0.2) is 12.0 Å². The van der Waals surface area contributed by atoms with E-state index in [9.17, 15) is 13.2 Å². The van der Waals surface area contributed by atoms with Gasteiger partial charge < -0.3 is 5.32 Å². The third-order valence-corrected chi connectivity index (χ3v) is 2.68. The quantitative estimate of drug-likeness (QED) is 0.883. The van der Waals surface area contributed by atoms with Gasteiger partial charge in [-0.25, -0.2) is 18.2 Å². The van der Waals surface area contributed by atoms with Gasteiger partial charge in [-0.15, -0.1) is 0 Å². The van der Waals surface area contributed by atoms with Crippen molar-refractivity contribution in [2.24, 2.45) is 0 Å². The van der Waals surface area contributed by atoms with Crippen LogP contribution in [-0.2, 0) is 0 Å². The summed E-state index contributed by atoms with van der Waals surface area (Å²) in [6.45, 7) is 0. The number of nitrogens with zero attached hydrogens (tertiary/aromatic N) is 1. The number of nitrogens with one attached hydrogen (secondary N) is 1. The van der Waals surface area contributed by atoms with Gasteiger partial charge in [0.2, 0.25) is 0 Å². The zero-order valence-corrected chi connectivity index (χ0v) is 9.52. The molecular weight excluding hydrogens is 253 g/mol. The maximum atomic E-state index is 13.6. The maximum absolute atomic E-state index is 13.6. The van der Waals surface area contributed by atoms with E-state index in [-0.39, 0.29) is 21.6 Å². The van der Waals surface area contributed by atoms with Gasteiger partial charge in [-0.2, -0.15) is 0 Å². The molecule has 1 aromatic heterocycles. The van der Waals surface area contributed by atoms with Gasteiger partial charge in [0.15, 0.2) is 0 Å². The van der Waals surface area contributed by atoms with Crippen molar-refractivity contribution in [2.45, 2.75) is 6.43 Å². The minimum Gasteiger partial charge on any atom is -0.387 e. The van der Waals surface area contributed by atoms with Crippen molar-refractivity contribution >= 4 is 28.2 Å². The summed E-state index contributed by atoms with van der Waals surface area (Å²) in [5.74, 6) is -0.554. The predicted octanol–water partition coefficient (Wildman–Crippen LogP) is 4.01. The molecule has 0 spiro atoms. The van der Waals surface area contributed by atoms with Crippen LogP contribution in [0.2, 0.25) is 5.02 Å². The van der Waals surface area contributed by atoms with E-state index in [1.54, 1.807) is 0 Å². The Labute approximate surface area is 100 Å². The second-order valence-corrected chi connectivity index (χ2v) is 3.81. The Morgan fingerprint density at radius 3 is 2.65 bits per heavy atom. The molecule has 0 saturated heterocycles. The first-order valence-electron chi connectivity index (χ1n) is 4.79. The first-order chi connectivity index (χ1) is 8.04. The van der Waals surface area contributed by atoms with E-state index in [2.05, 4.69) is 10.3 Å². The first-order valence-corrected chi connectivity index (χ1v) is 5.17. The van der Waals surface area contributed by atoms with Gasteiger partial charge in [0, 0.05) is 12.7 Å². The summed E-state index contributed by atoms with van der Waals surface area (Å²) in [4.78, 5) is 3.68. The van der Waals surface area contributed by atoms with Crippen molar-refractivity contribution < 1.29 is 13.2 Å². The van der Waals surface area contributed by atoms with Crippen molar-refractivity contribution in [3.63, 3.8) is 0 Å². The Balaban J connectivity index is 2.87. The maximum Gasteiger partial charge on any atom is 0.280 e. The van der Waals surface area contributed by atoms with Crippen LogP contribution in [0.4, 0.5) is 18.9 Å². The van der Waals surface area contributed by atoms with Crippen LogP contribution in [0.15, 0.2) is 18.2 Å². The number of halogens is 4. The molecular formula is C11H8ClF3N2. The molecule has 0 unspecified atom stereocenters. The lowest BCUT2D eigenvalue weighted by molar-refractivity contribution is 0.146. The van der Waals surface area contributed by atoms with E-state index in [0.717, 1.165) is 6.07 Å². The molecule has 0 atom stereocenters. The van der Waals surface area contributed by atoms with Crippen LogP contribution in [0.25, 0.3) is 10.9 Å². The van der Waals surface area contributed by atoms with Crippen LogP contribution in [0.3, 0.4) is 0 Å². The molecule has 2 rings (SSSR count). The predicted molar refractivity (Wildman–Crippen MR) is 61.2 cm³/mol. The number of hydrogen-bond acceptors (Lipinski definition) is 2. The largest absolute Gasteiger partial charge is 0.387 e. The Bertz CT molecular complexity index is 572. The summed E-state index contributed by atoms with van der Waals surface area (Å²) < 4.78 is 38.9. The van der Waals surface area contributed by atoms with E-state index >= 15 is 0 Å². The smallest absolute Gasteiger partial charge is 0.280 e. The second-order valence-electron chi connectivity index (χ2n) is 3.40. The minimum atomic E-state index is -2.73. The van der Waals surface area contributed by atoms with Crippen LogP contribution in [0.5, 0.6) is 0 Å². The SMILES string of the molecule is CNc1cc(C(F)F)nc2c(Cl)ccc(F)c12. The van der Waals surface area contributed by atoms with Gasteiger partial charge in [0.25, 0.3) is 6.43 Å². The van der Waals surface area contributed by atoms with Crippen LogP contribution in [0.1, 0.15) is 12.1 Å². The molecule has 0 aliphatic carbocycles. The standard InChI is InChI=1S/C11H8ClF3N2/c1-16-7-4-8(11(14)15)17-10-5(12)2-3-6(13)9(7)10/h2-4,11H,1H3,(H,16,17). The molecule has 0 aliphatic rings. The molecule has 1 aromatic carbocycles. The average molecular weight is 261 g/mol. The number of alkyl halides is 2. The lowest BCUT2D eigenvalue weighted by Gasteiger charge is -2.10. The lowest BCUT2D eigenvalue weighted by Crippen LogP contribution is -1.99. The Hall–Kier alpha value is -1.49. The van der Waals surface area contributed by atoms with Crippen LogP contribution < -0.4 is 5.32 Å². The van der Waals surface area contributed by atoms with Gasteiger partial charge in [-0.1, -0.05) is 11.6 Å². The normalized spacial score (nSPS) is 11.2. The van der Waals surface area contributed by atoms with Crippen molar-refractivity contribution in [3.05, 3.63) is 34.7 Å². The molecule has 0 radical (unpaired) electrons. The number of hydrogen-bond donors (Lipinski definition) is 1. The summed E-state index contributed by atoms with van der Waals surface area (Å²) >= 11 is 5.83. The van der Waals surface area contributed by atoms with Gasteiger partial charge in [0.05, 0.1) is 15.9 Å². The summed E-state index contributed by atoms with van der Waals surface area (Å²) in [6, 6.07) is 3.59. The zero-order valence-electron chi connectivity index (χ0n) is 8.77. The Kier molecular flexibility index (Phi) is 3.11. The molecule has 0 fully saturated rings. The topological polar surface area (TPSA) is 24.9 Å². The van der Waals surface area contributed by atoms with E-state index in [4.69, 9.17) is 11.6 Å². The van der Waals surface area contributed by atoms with Crippen molar-refractivity contribution in [1.82, 2.24) is 4.98 Å². The fourth-order valence-corrected chi connectivity index (χ4v) is 1.80. The molecule has 0 saturated carbocycles. The molecule has 2 nitrogen and oxygen atoms in total. The summed E-state index contributed by atoms with van der Waals surface area (Å²) in [5, 5.41) is 2.92. The van der Waals surface area contributed by atoms with Gasteiger partial charge in [-0.05, 0) is 18.2 Å². The van der Waals surface area contributed by atoms with Crippen molar-refractivity contribution in [1.29, 1.82) is 0 Å². The number of anilines is 1. The molecule has 0 aliphatic heterocycles. The monoisotopic (exact) mass is 260 g/mol. The zero-order chi connectivity index (χ0) is 12.6. The summed E-state index contributed by atoms with van der Waals surface area (Å²) in [7, 11) is 1.52. The highest BCUT2D eigenvalue weighted by molar-refractivity contribution is 6.35. The van der Waals surface area contributed by atoms with Crippen molar-refractivity contribution in [2.75, 3.05) is 12.4 Å². The fraction of sp³-hybridized carbons (Fsp3) is 0.182. The number of fused-ring (bicyclic) bond motifs is 1. The van der Waals surface area contributed by atoms with Crippen LogP contribution in [0, 0.1) is 5.82 Å². The highest BCUT2D eigenvalue weighted by Gasteiger charge is 2.16. The number of pyridine rings is 1. The molecule has 90 valence electrons. The number of aromatic nitrogens is 1. The number of rotatable bonds is 2. The first kappa shape index (κ1) is 12.0. The summed E-state index contributed by atoms with van der Waals surface area (Å²) in [6.07, 6.45) is -2.73. The fourth-order valence-electron chi connectivity index (χ4n) is 1.60. The molecule has 2 aromatic rings. The molecule has 0 bridgehead atoms. The lowest BCUT2D eigenvalue weighted by atomic mass is 10.1. The third-order valence-electron chi connectivity index (χ3n) is 2.37. The summed E-state index contributed by atoms with van der Waals surface area (Å²) in [5.41, 5.74) is -0.159. The van der Waals surface area contributed by atoms with E-state index in [1.807, 2.05) is 0 Å². The van der Waals surface area contributed by atoms with E-state index < -0.39 is 17.9 Å². The minimum absolute atomic E-state index is 0.0359. The highest BCUT2D eigenvalue weighted by atomic mass is 35.5.